The number of benzene rings is 2. The zero-order valence-electron chi connectivity index (χ0n) is 17.6. The topological polar surface area (TPSA) is 85.9 Å². The first kappa shape index (κ1) is 21.5. The third-order valence-corrected chi connectivity index (χ3v) is 7.07. The van der Waals surface area contributed by atoms with Crippen LogP contribution in [0.25, 0.3) is 11.5 Å². The monoisotopic (exact) mass is 442 g/mol. The Bertz CT molecular complexity index is 1090. The quantitative estimate of drug-likeness (QED) is 0.520. The Balaban J connectivity index is 1.56. The number of oxazole rings is 1. The van der Waals surface area contributed by atoms with Gasteiger partial charge in [-0.25, -0.2) is 8.42 Å². The third-order valence-electron chi connectivity index (χ3n) is 5.40. The molecule has 0 aliphatic carbocycles. The predicted molar refractivity (Wildman–Crippen MR) is 118 cm³/mol. The molecule has 31 heavy (non-hydrogen) atoms. The van der Waals surface area contributed by atoms with E-state index < -0.39 is 9.84 Å². The lowest BCUT2D eigenvalue weighted by molar-refractivity contribution is -0.908. The van der Waals surface area contributed by atoms with Gasteiger partial charge in [0.15, 0.2) is 0 Å². The smallest absolute Gasteiger partial charge is 0.233 e. The number of rotatable bonds is 8. The van der Waals surface area contributed by atoms with Crippen molar-refractivity contribution >= 4 is 15.7 Å². The maximum absolute atomic E-state index is 13.3. The summed E-state index contributed by atoms with van der Waals surface area (Å²) in [6.45, 7) is 7.12. The summed E-state index contributed by atoms with van der Waals surface area (Å²) in [6.07, 6.45) is 0.890. The van der Waals surface area contributed by atoms with E-state index in [1.165, 1.54) is 4.90 Å². The Labute approximate surface area is 183 Å². The van der Waals surface area contributed by atoms with Gasteiger partial charge in [-0.2, -0.15) is 4.98 Å². The molecule has 1 aromatic heterocycles. The molecule has 0 unspecified atom stereocenters. The van der Waals surface area contributed by atoms with Crippen LogP contribution in [0.1, 0.15) is 12.0 Å². The molecular weight excluding hydrogens is 414 g/mol. The van der Waals surface area contributed by atoms with Crippen LogP contribution in [0.2, 0.25) is 0 Å². The van der Waals surface area contributed by atoms with Gasteiger partial charge in [0, 0.05) is 18.5 Å². The fraction of sp³-hybridized carbons (Fsp3) is 0.348. The van der Waals surface area contributed by atoms with Gasteiger partial charge >= 0.3 is 0 Å². The van der Waals surface area contributed by atoms with Gasteiger partial charge in [0.2, 0.25) is 26.6 Å². The number of nitrogens with one attached hydrogen (secondary N) is 2. The number of aryl methyl sites for hydroxylation is 1. The lowest BCUT2D eigenvalue weighted by Crippen LogP contribution is -3.14. The second-order valence-electron chi connectivity index (χ2n) is 7.73. The van der Waals surface area contributed by atoms with Crippen LogP contribution in [-0.2, 0) is 14.6 Å². The molecule has 164 valence electrons. The van der Waals surface area contributed by atoms with Gasteiger partial charge in [-0.05, 0) is 31.2 Å². The number of anilines is 1. The molecule has 0 atom stereocenters. The van der Waals surface area contributed by atoms with Crippen LogP contribution in [0.15, 0.2) is 68.9 Å². The minimum atomic E-state index is -3.82. The van der Waals surface area contributed by atoms with Crippen molar-refractivity contribution in [2.75, 3.05) is 44.7 Å². The highest BCUT2D eigenvalue weighted by molar-refractivity contribution is 7.91. The summed E-state index contributed by atoms with van der Waals surface area (Å²) in [5, 5.41) is 3.10. The predicted octanol–water partition coefficient (Wildman–Crippen LogP) is 2.20. The van der Waals surface area contributed by atoms with Crippen molar-refractivity contribution in [2.24, 2.45) is 0 Å². The molecule has 4 rings (SSSR count). The first-order chi connectivity index (χ1) is 15.0. The molecule has 2 heterocycles. The van der Waals surface area contributed by atoms with E-state index in [1.807, 2.05) is 37.3 Å². The van der Waals surface area contributed by atoms with Crippen molar-refractivity contribution < 1.29 is 22.5 Å². The summed E-state index contributed by atoms with van der Waals surface area (Å²) in [6, 6.07) is 16.1. The Morgan fingerprint density at radius 1 is 1.03 bits per heavy atom. The van der Waals surface area contributed by atoms with Crippen molar-refractivity contribution in [1.82, 2.24) is 4.98 Å². The van der Waals surface area contributed by atoms with Crippen LogP contribution >= 0.6 is 0 Å². The SMILES string of the molecule is Cc1ccc(S(=O)(=O)c2nc(-c3ccccc3)oc2NCCC[NH+]2CCOCC2)cc1. The molecule has 0 bridgehead atoms. The number of nitrogens with zero attached hydrogens (tertiary/aromatic N) is 1. The number of aromatic nitrogens is 1. The van der Waals surface area contributed by atoms with Crippen molar-refractivity contribution in [1.29, 1.82) is 0 Å². The van der Waals surface area contributed by atoms with Crippen LogP contribution in [0, 0.1) is 6.92 Å². The van der Waals surface area contributed by atoms with E-state index in [-0.39, 0.29) is 21.7 Å². The molecule has 1 fully saturated rings. The largest absolute Gasteiger partial charge is 0.419 e. The molecular formula is C23H28N3O4S+. The lowest BCUT2D eigenvalue weighted by Gasteiger charge is -2.23. The van der Waals surface area contributed by atoms with Crippen molar-refractivity contribution in [3.63, 3.8) is 0 Å². The van der Waals surface area contributed by atoms with Gasteiger partial charge in [0.1, 0.15) is 13.1 Å². The molecule has 3 aromatic rings. The molecule has 1 saturated heterocycles. The standard InChI is InChI=1S/C23H27N3O4S/c1-18-8-10-20(11-9-18)31(27,28)23-22(24-12-5-13-26-14-16-29-17-15-26)30-21(25-23)19-6-3-2-4-7-19/h2-4,6-11,24H,5,12-17H2,1H3/p+1. The molecule has 8 heteroatoms. The summed E-state index contributed by atoms with van der Waals surface area (Å²) in [5.41, 5.74) is 1.72. The summed E-state index contributed by atoms with van der Waals surface area (Å²) < 4.78 is 37.9. The molecule has 1 aliphatic rings. The van der Waals surface area contributed by atoms with Gasteiger partial charge in [-0.3, -0.25) is 0 Å². The van der Waals surface area contributed by atoms with Gasteiger partial charge in [0.25, 0.3) is 0 Å². The second kappa shape index (κ2) is 9.64. The van der Waals surface area contributed by atoms with Gasteiger partial charge in [-0.15, -0.1) is 0 Å². The van der Waals surface area contributed by atoms with E-state index in [2.05, 4.69) is 10.3 Å². The summed E-state index contributed by atoms with van der Waals surface area (Å²) in [7, 11) is -3.82. The van der Waals surface area contributed by atoms with E-state index >= 15 is 0 Å². The molecule has 2 N–H and O–H groups in total. The minimum absolute atomic E-state index is 0.0751. The second-order valence-corrected chi connectivity index (χ2v) is 9.59. The maximum atomic E-state index is 13.3. The van der Waals surface area contributed by atoms with Crippen LogP contribution < -0.4 is 10.2 Å². The van der Waals surface area contributed by atoms with Gasteiger partial charge < -0.3 is 19.4 Å². The number of hydrogen-bond donors (Lipinski definition) is 2. The molecule has 1 aliphatic heterocycles. The average Bonchev–Trinajstić information content (AvgIpc) is 3.24. The normalized spacial score (nSPS) is 15.1. The lowest BCUT2D eigenvalue weighted by atomic mass is 10.2. The minimum Gasteiger partial charge on any atom is -0.419 e. The molecule has 0 radical (unpaired) electrons. The Hall–Kier alpha value is -2.68. The van der Waals surface area contributed by atoms with E-state index in [0.717, 1.165) is 50.4 Å². The highest BCUT2D eigenvalue weighted by Crippen LogP contribution is 2.32. The fourth-order valence-corrected chi connectivity index (χ4v) is 4.86. The average molecular weight is 443 g/mol. The number of morpholine rings is 1. The third kappa shape index (κ3) is 5.15. The maximum Gasteiger partial charge on any atom is 0.233 e. The number of hydrogen-bond acceptors (Lipinski definition) is 6. The molecule has 7 nitrogen and oxygen atoms in total. The fourth-order valence-electron chi connectivity index (χ4n) is 3.58. The van der Waals surface area contributed by atoms with Crippen molar-refractivity contribution in [3.8, 4) is 11.5 Å². The molecule has 0 amide bonds. The first-order valence-corrected chi connectivity index (χ1v) is 12.1. The summed E-state index contributed by atoms with van der Waals surface area (Å²) in [4.78, 5) is 6.08. The number of quaternary nitrogens is 1. The van der Waals surface area contributed by atoms with Gasteiger partial charge in [0.05, 0.1) is 24.7 Å². The van der Waals surface area contributed by atoms with Crippen LogP contribution in [0.5, 0.6) is 0 Å². The zero-order chi connectivity index (χ0) is 21.7. The Kier molecular flexibility index (Phi) is 6.70. The first-order valence-electron chi connectivity index (χ1n) is 10.6. The molecule has 0 saturated carbocycles. The highest BCUT2D eigenvalue weighted by Gasteiger charge is 2.28. The Morgan fingerprint density at radius 3 is 2.45 bits per heavy atom. The van der Waals surface area contributed by atoms with Crippen LogP contribution in [0.3, 0.4) is 0 Å². The van der Waals surface area contributed by atoms with Crippen LogP contribution in [-0.4, -0.2) is 52.8 Å². The Morgan fingerprint density at radius 2 is 1.74 bits per heavy atom. The van der Waals surface area contributed by atoms with E-state index in [1.54, 1.807) is 24.3 Å². The number of sulfone groups is 1. The summed E-state index contributed by atoms with van der Waals surface area (Å²) in [5.74, 6) is 0.476. The van der Waals surface area contributed by atoms with Gasteiger partial charge in [-0.1, -0.05) is 35.9 Å². The van der Waals surface area contributed by atoms with E-state index in [9.17, 15) is 8.42 Å². The number of ether oxygens (including phenoxy) is 1. The van der Waals surface area contributed by atoms with E-state index in [0.29, 0.717) is 6.54 Å². The molecule has 0 spiro atoms. The zero-order valence-corrected chi connectivity index (χ0v) is 18.5. The van der Waals surface area contributed by atoms with Crippen molar-refractivity contribution in [2.45, 2.75) is 23.3 Å². The van der Waals surface area contributed by atoms with Crippen molar-refractivity contribution in [3.05, 3.63) is 60.2 Å². The van der Waals surface area contributed by atoms with E-state index in [4.69, 9.17) is 9.15 Å². The highest BCUT2D eigenvalue weighted by atomic mass is 32.2. The molecule has 2 aromatic carbocycles. The summed E-state index contributed by atoms with van der Waals surface area (Å²) >= 11 is 0. The van der Waals surface area contributed by atoms with Crippen LogP contribution in [0.4, 0.5) is 5.88 Å².